The van der Waals surface area contributed by atoms with Crippen LogP contribution in [0.5, 0.6) is 11.5 Å². The van der Waals surface area contributed by atoms with Gasteiger partial charge in [0.05, 0.1) is 5.92 Å². The zero-order valence-electron chi connectivity index (χ0n) is 13.9. The summed E-state index contributed by atoms with van der Waals surface area (Å²) in [6.07, 6.45) is -4.33. The molecule has 0 aliphatic heterocycles. The van der Waals surface area contributed by atoms with E-state index in [1.807, 2.05) is 0 Å². The summed E-state index contributed by atoms with van der Waals surface area (Å²) in [5, 5.41) is 0. The summed E-state index contributed by atoms with van der Waals surface area (Å²) in [5.41, 5.74) is 0.261. The Kier molecular flexibility index (Phi) is 5.35. The van der Waals surface area contributed by atoms with Gasteiger partial charge in [-0.1, -0.05) is 12.1 Å². The zero-order chi connectivity index (χ0) is 18.8. The van der Waals surface area contributed by atoms with E-state index in [1.54, 1.807) is 14.1 Å². The fourth-order valence-corrected chi connectivity index (χ4v) is 2.12. The van der Waals surface area contributed by atoms with Crippen molar-refractivity contribution in [3.8, 4) is 11.5 Å². The predicted octanol–water partition coefficient (Wildman–Crippen LogP) is 4.99. The maximum absolute atomic E-state index is 14.1. The summed E-state index contributed by atoms with van der Waals surface area (Å²) < 4.78 is 57.5. The minimum absolute atomic E-state index is 0.0900. The minimum Gasteiger partial charge on any atom is -0.454 e. The van der Waals surface area contributed by atoms with Crippen molar-refractivity contribution >= 4 is 5.91 Å². The van der Waals surface area contributed by atoms with Crippen LogP contribution in [-0.2, 0) is 0 Å². The SMILES string of the molecule is CC(c1ccc(Oc2ccc(C(=O)N(C)C)cc2F)cc1)C(F)(F)F. The summed E-state index contributed by atoms with van der Waals surface area (Å²) in [5.74, 6) is -2.61. The number of alkyl halides is 3. The van der Waals surface area contributed by atoms with Gasteiger partial charge in [0.1, 0.15) is 5.75 Å². The van der Waals surface area contributed by atoms with E-state index in [4.69, 9.17) is 4.74 Å². The van der Waals surface area contributed by atoms with Crippen molar-refractivity contribution < 1.29 is 27.1 Å². The smallest absolute Gasteiger partial charge is 0.395 e. The van der Waals surface area contributed by atoms with Crippen molar-refractivity contribution in [1.82, 2.24) is 4.90 Å². The first-order valence-electron chi connectivity index (χ1n) is 7.45. The molecule has 1 unspecified atom stereocenters. The van der Waals surface area contributed by atoms with Gasteiger partial charge in [-0.25, -0.2) is 4.39 Å². The van der Waals surface area contributed by atoms with Crippen molar-refractivity contribution in [1.29, 1.82) is 0 Å². The average Bonchev–Trinajstić information content (AvgIpc) is 2.55. The van der Waals surface area contributed by atoms with Gasteiger partial charge in [-0.2, -0.15) is 13.2 Å². The standard InChI is InChI=1S/C18H17F4NO2/c1-11(18(20,21)22)12-4-7-14(8-5-12)25-16-9-6-13(10-15(16)19)17(24)23(2)3/h4-11H,1-3H3. The lowest BCUT2D eigenvalue weighted by Crippen LogP contribution is -2.21. The fraction of sp³-hybridized carbons (Fsp3) is 0.278. The third-order valence-corrected chi connectivity index (χ3v) is 3.68. The molecule has 0 N–H and O–H groups in total. The molecule has 0 aromatic heterocycles. The monoisotopic (exact) mass is 355 g/mol. The van der Waals surface area contributed by atoms with Crippen LogP contribution in [0.25, 0.3) is 0 Å². The number of amides is 1. The van der Waals surface area contributed by atoms with E-state index in [1.165, 1.54) is 41.3 Å². The first-order valence-corrected chi connectivity index (χ1v) is 7.45. The summed E-state index contributed by atoms with van der Waals surface area (Å²) >= 11 is 0. The van der Waals surface area contributed by atoms with Gasteiger partial charge in [-0.15, -0.1) is 0 Å². The maximum Gasteiger partial charge on any atom is 0.395 e. The number of rotatable bonds is 4. The van der Waals surface area contributed by atoms with Crippen LogP contribution in [0.1, 0.15) is 28.8 Å². The molecule has 0 radical (unpaired) electrons. The van der Waals surface area contributed by atoms with E-state index in [0.29, 0.717) is 0 Å². The third-order valence-electron chi connectivity index (χ3n) is 3.68. The second kappa shape index (κ2) is 7.13. The van der Waals surface area contributed by atoms with Gasteiger partial charge in [0, 0.05) is 19.7 Å². The molecule has 3 nitrogen and oxygen atoms in total. The molecule has 2 aromatic carbocycles. The molecule has 0 heterocycles. The molecular weight excluding hydrogens is 338 g/mol. The Balaban J connectivity index is 2.16. The molecule has 0 fully saturated rings. The molecule has 1 amide bonds. The number of nitrogens with zero attached hydrogens (tertiary/aromatic N) is 1. The third kappa shape index (κ3) is 4.49. The quantitative estimate of drug-likeness (QED) is 0.724. The number of ether oxygens (including phenoxy) is 1. The zero-order valence-corrected chi connectivity index (χ0v) is 13.9. The van der Waals surface area contributed by atoms with Crippen LogP contribution in [0.15, 0.2) is 42.5 Å². The Labute approximate surface area is 142 Å². The minimum atomic E-state index is -4.33. The number of carbonyl (C=O) groups excluding carboxylic acids is 1. The Morgan fingerprint density at radius 2 is 1.68 bits per heavy atom. The second-order valence-corrected chi connectivity index (χ2v) is 5.78. The van der Waals surface area contributed by atoms with E-state index in [2.05, 4.69) is 0 Å². The lowest BCUT2D eigenvalue weighted by Gasteiger charge is -2.16. The lowest BCUT2D eigenvalue weighted by atomic mass is 10.0. The Hall–Kier alpha value is -2.57. The van der Waals surface area contributed by atoms with E-state index in [9.17, 15) is 22.4 Å². The highest BCUT2D eigenvalue weighted by Gasteiger charge is 2.36. The van der Waals surface area contributed by atoms with Crippen LogP contribution in [0, 0.1) is 5.82 Å². The number of carbonyl (C=O) groups is 1. The molecule has 0 saturated heterocycles. The summed E-state index contributed by atoms with van der Waals surface area (Å²) in [7, 11) is 3.10. The van der Waals surface area contributed by atoms with Gasteiger partial charge in [0.2, 0.25) is 0 Å². The summed E-state index contributed by atoms with van der Waals surface area (Å²) in [4.78, 5) is 13.1. The van der Waals surface area contributed by atoms with Gasteiger partial charge in [0.15, 0.2) is 11.6 Å². The molecule has 0 bridgehead atoms. The molecule has 0 aliphatic rings. The highest BCUT2D eigenvalue weighted by molar-refractivity contribution is 5.94. The normalized spacial score (nSPS) is 12.6. The summed E-state index contributed by atoms with van der Waals surface area (Å²) in [6, 6.07) is 9.04. The largest absolute Gasteiger partial charge is 0.454 e. The van der Waals surface area contributed by atoms with Crippen LogP contribution in [-0.4, -0.2) is 31.1 Å². The Morgan fingerprint density at radius 3 is 2.16 bits per heavy atom. The van der Waals surface area contributed by atoms with E-state index >= 15 is 0 Å². The van der Waals surface area contributed by atoms with Crippen molar-refractivity contribution in [2.75, 3.05) is 14.1 Å². The van der Waals surface area contributed by atoms with Gasteiger partial charge >= 0.3 is 6.18 Å². The van der Waals surface area contributed by atoms with E-state index in [0.717, 1.165) is 13.0 Å². The average molecular weight is 355 g/mol. The van der Waals surface area contributed by atoms with Crippen molar-refractivity contribution in [2.24, 2.45) is 0 Å². The van der Waals surface area contributed by atoms with E-state index < -0.39 is 17.9 Å². The van der Waals surface area contributed by atoms with Gasteiger partial charge < -0.3 is 9.64 Å². The molecule has 0 aliphatic carbocycles. The number of hydrogen-bond donors (Lipinski definition) is 0. The maximum atomic E-state index is 14.1. The van der Waals surface area contributed by atoms with Gasteiger partial charge in [-0.3, -0.25) is 4.79 Å². The second-order valence-electron chi connectivity index (χ2n) is 5.78. The van der Waals surface area contributed by atoms with Crippen molar-refractivity contribution in [3.05, 3.63) is 59.4 Å². The molecule has 134 valence electrons. The molecule has 0 saturated carbocycles. The van der Waals surface area contributed by atoms with Gasteiger partial charge in [0.25, 0.3) is 5.91 Å². The highest BCUT2D eigenvalue weighted by Crippen LogP contribution is 2.35. The molecule has 7 heteroatoms. The molecule has 25 heavy (non-hydrogen) atoms. The molecule has 2 aromatic rings. The van der Waals surface area contributed by atoms with Crippen LogP contribution >= 0.6 is 0 Å². The molecule has 1 atom stereocenters. The van der Waals surface area contributed by atoms with Crippen molar-refractivity contribution in [2.45, 2.75) is 19.0 Å². The highest BCUT2D eigenvalue weighted by atomic mass is 19.4. The first kappa shape index (κ1) is 18.8. The fourth-order valence-electron chi connectivity index (χ4n) is 2.12. The number of hydrogen-bond acceptors (Lipinski definition) is 2. The topological polar surface area (TPSA) is 29.5 Å². The number of benzene rings is 2. The lowest BCUT2D eigenvalue weighted by molar-refractivity contribution is -0.146. The molecule has 2 rings (SSSR count). The van der Waals surface area contributed by atoms with Crippen LogP contribution in [0.3, 0.4) is 0 Å². The molecular formula is C18H17F4NO2. The Bertz CT molecular complexity index is 755. The van der Waals surface area contributed by atoms with E-state index in [-0.39, 0.29) is 28.5 Å². The van der Waals surface area contributed by atoms with Crippen LogP contribution in [0.4, 0.5) is 17.6 Å². The Morgan fingerprint density at radius 1 is 1.08 bits per heavy atom. The predicted molar refractivity (Wildman–Crippen MR) is 85.4 cm³/mol. The first-order chi connectivity index (χ1) is 11.6. The van der Waals surface area contributed by atoms with Crippen LogP contribution < -0.4 is 4.74 Å². The number of halogens is 4. The van der Waals surface area contributed by atoms with Gasteiger partial charge in [-0.05, 0) is 42.8 Å². The summed E-state index contributed by atoms with van der Waals surface area (Å²) in [6.45, 7) is 1.07. The molecule has 0 spiro atoms. The van der Waals surface area contributed by atoms with Crippen LogP contribution in [0.2, 0.25) is 0 Å². The van der Waals surface area contributed by atoms with Crippen molar-refractivity contribution in [3.63, 3.8) is 0 Å².